The van der Waals surface area contributed by atoms with Crippen molar-refractivity contribution >= 4 is 0 Å². The fourth-order valence-electron chi connectivity index (χ4n) is 2.26. The van der Waals surface area contributed by atoms with Crippen LogP contribution in [-0.2, 0) is 6.54 Å². The number of nitrogens with zero attached hydrogens (tertiary/aromatic N) is 2. The normalized spacial score (nSPS) is 23.3. The first-order valence-electron chi connectivity index (χ1n) is 5.96. The van der Waals surface area contributed by atoms with Crippen molar-refractivity contribution in [1.82, 2.24) is 10.3 Å². The molecule has 1 aromatic rings. The Morgan fingerprint density at radius 2 is 2.41 bits per heavy atom. The van der Waals surface area contributed by atoms with Crippen LogP contribution in [0.15, 0.2) is 18.2 Å². The molecular formula is C13H17N3O. The second-order valence-electron chi connectivity index (χ2n) is 4.33. The monoisotopic (exact) mass is 231 g/mol. The predicted octanol–water partition coefficient (Wildman–Crippen LogP) is 1.87. The molecule has 4 heteroatoms. The van der Waals surface area contributed by atoms with Gasteiger partial charge in [-0.05, 0) is 18.9 Å². The van der Waals surface area contributed by atoms with Gasteiger partial charge in [-0.15, -0.1) is 0 Å². The molecule has 2 atom stereocenters. The number of nitrogens with one attached hydrogen (secondary N) is 1. The highest BCUT2D eigenvalue weighted by atomic mass is 16.5. The van der Waals surface area contributed by atoms with Gasteiger partial charge in [0.15, 0.2) is 0 Å². The standard InChI is InChI=1S/C13H17N3O/c1-17-13-7-3-5-11(16-13)9-15-12-6-2-4-10(12)8-14/h3,5,7,10,12,15H,2,4,6,9H2,1H3. The molecule has 17 heavy (non-hydrogen) atoms. The molecule has 1 heterocycles. The number of hydrogen-bond donors (Lipinski definition) is 1. The molecule has 90 valence electrons. The Morgan fingerprint density at radius 3 is 3.18 bits per heavy atom. The van der Waals surface area contributed by atoms with Crippen molar-refractivity contribution in [3.8, 4) is 11.9 Å². The summed E-state index contributed by atoms with van der Waals surface area (Å²) >= 11 is 0. The maximum atomic E-state index is 8.99. The second-order valence-corrected chi connectivity index (χ2v) is 4.33. The minimum Gasteiger partial charge on any atom is -0.481 e. The fraction of sp³-hybridized carbons (Fsp3) is 0.538. The number of pyridine rings is 1. The molecule has 0 radical (unpaired) electrons. The minimum absolute atomic E-state index is 0.153. The lowest BCUT2D eigenvalue weighted by atomic mass is 10.1. The topological polar surface area (TPSA) is 57.9 Å². The van der Waals surface area contributed by atoms with Crippen LogP contribution in [0.1, 0.15) is 25.0 Å². The minimum atomic E-state index is 0.153. The summed E-state index contributed by atoms with van der Waals surface area (Å²) < 4.78 is 5.08. The van der Waals surface area contributed by atoms with Crippen molar-refractivity contribution < 1.29 is 4.74 Å². The van der Waals surface area contributed by atoms with Crippen molar-refractivity contribution in [3.05, 3.63) is 23.9 Å². The van der Waals surface area contributed by atoms with E-state index in [0.29, 0.717) is 18.5 Å². The van der Waals surface area contributed by atoms with Crippen LogP contribution in [0.3, 0.4) is 0 Å². The Labute approximate surface area is 102 Å². The number of nitriles is 1. The van der Waals surface area contributed by atoms with Gasteiger partial charge in [0.1, 0.15) is 0 Å². The van der Waals surface area contributed by atoms with Crippen LogP contribution in [0, 0.1) is 17.2 Å². The van der Waals surface area contributed by atoms with Gasteiger partial charge in [0, 0.05) is 18.7 Å². The van der Waals surface area contributed by atoms with E-state index >= 15 is 0 Å². The molecule has 2 unspecified atom stereocenters. The van der Waals surface area contributed by atoms with E-state index < -0.39 is 0 Å². The molecule has 0 spiro atoms. The summed E-state index contributed by atoms with van der Waals surface area (Å²) in [5.41, 5.74) is 0.952. The van der Waals surface area contributed by atoms with E-state index in [-0.39, 0.29) is 5.92 Å². The van der Waals surface area contributed by atoms with E-state index in [2.05, 4.69) is 16.4 Å². The molecule has 1 fully saturated rings. The van der Waals surface area contributed by atoms with Crippen LogP contribution in [0.4, 0.5) is 0 Å². The summed E-state index contributed by atoms with van der Waals surface area (Å²) in [5, 5.41) is 12.4. The number of methoxy groups -OCH3 is 1. The quantitative estimate of drug-likeness (QED) is 0.859. The molecule has 1 aliphatic carbocycles. The summed E-state index contributed by atoms with van der Waals surface area (Å²) in [7, 11) is 1.61. The molecule has 0 saturated heterocycles. The van der Waals surface area contributed by atoms with Gasteiger partial charge >= 0.3 is 0 Å². The lowest BCUT2D eigenvalue weighted by molar-refractivity contribution is 0.393. The summed E-state index contributed by atoms with van der Waals surface area (Å²) in [6.45, 7) is 0.694. The average Bonchev–Trinajstić information content (AvgIpc) is 2.84. The van der Waals surface area contributed by atoms with Crippen LogP contribution < -0.4 is 10.1 Å². The first kappa shape index (κ1) is 11.9. The SMILES string of the molecule is COc1cccc(CNC2CCCC2C#N)n1. The Hall–Kier alpha value is -1.60. The molecule has 0 aliphatic heterocycles. The van der Waals surface area contributed by atoms with Gasteiger partial charge in [0.05, 0.1) is 24.8 Å². The van der Waals surface area contributed by atoms with E-state index in [1.165, 1.54) is 0 Å². The Kier molecular flexibility index (Phi) is 3.94. The largest absolute Gasteiger partial charge is 0.481 e. The average molecular weight is 231 g/mol. The molecule has 1 saturated carbocycles. The molecule has 4 nitrogen and oxygen atoms in total. The third-order valence-corrected chi connectivity index (χ3v) is 3.22. The molecule has 2 rings (SSSR count). The van der Waals surface area contributed by atoms with Crippen molar-refractivity contribution in [3.63, 3.8) is 0 Å². The van der Waals surface area contributed by atoms with Crippen LogP contribution in [-0.4, -0.2) is 18.1 Å². The maximum Gasteiger partial charge on any atom is 0.213 e. The zero-order valence-electron chi connectivity index (χ0n) is 10.0. The smallest absolute Gasteiger partial charge is 0.213 e. The van der Waals surface area contributed by atoms with Crippen LogP contribution >= 0.6 is 0 Å². The van der Waals surface area contributed by atoms with E-state index in [1.807, 2.05) is 18.2 Å². The molecule has 1 N–H and O–H groups in total. The summed E-state index contributed by atoms with van der Waals surface area (Å²) in [6.07, 6.45) is 3.24. The lowest BCUT2D eigenvalue weighted by Gasteiger charge is -2.15. The van der Waals surface area contributed by atoms with Crippen LogP contribution in [0.25, 0.3) is 0 Å². The molecular weight excluding hydrogens is 214 g/mol. The summed E-state index contributed by atoms with van der Waals surface area (Å²) in [6, 6.07) is 8.40. The third-order valence-electron chi connectivity index (χ3n) is 3.22. The van der Waals surface area contributed by atoms with Gasteiger partial charge in [0.25, 0.3) is 0 Å². The van der Waals surface area contributed by atoms with Gasteiger partial charge in [-0.1, -0.05) is 12.5 Å². The predicted molar refractivity (Wildman–Crippen MR) is 64.4 cm³/mol. The zero-order valence-corrected chi connectivity index (χ0v) is 10.0. The fourth-order valence-corrected chi connectivity index (χ4v) is 2.26. The molecule has 1 aromatic heterocycles. The molecule has 1 aliphatic rings. The second kappa shape index (κ2) is 5.65. The zero-order chi connectivity index (χ0) is 12.1. The van der Waals surface area contributed by atoms with Crippen molar-refractivity contribution in [2.24, 2.45) is 5.92 Å². The lowest BCUT2D eigenvalue weighted by Crippen LogP contribution is -2.31. The van der Waals surface area contributed by atoms with E-state index in [1.54, 1.807) is 7.11 Å². The highest BCUT2D eigenvalue weighted by Crippen LogP contribution is 2.25. The van der Waals surface area contributed by atoms with Crippen molar-refractivity contribution in [2.75, 3.05) is 7.11 Å². The number of aromatic nitrogens is 1. The van der Waals surface area contributed by atoms with Gasteiger partial charge in [-0.2, -0.15) is 5.26 Å². The Morgan fingerprint density at radius 1 is 1.53 bits per heavy atom. The summed E-state index contributed by atoms with van der Waals surface area (Å²) in [4.78, 5) is 4.34. The summed E-state index contributed by atoms with van der Waals surface area (Å²) in [5.74, 6) is 0.785. The Bertz CT molecular complexity index is 413. The maximum absolute atomic E-state index is 8.99. The Balaban J connectivity index is 1.91. The van der Waals surface area contributed by atoms with Crippen molar-refractivity contribution in [1.29, 1.82) is 5.26 Å². The molecule has 0 amide bonds. The highest BCUT2D eigenvalue weighted by Gasteiger charge is 2.26. The number of rotatable bonds is 4. The van der Waals surface area contributed by atoms with E-state index in [4.69, 9.17) is 10.00 Å². The van der Waals surface area contributed by atoms with Crippen LogP contribution in [0.2, 0.25) is 0 Å². The first-order chi connectivity index (χ1) is 8.33. The van der Waals surface area contributed by atoms with Crippen molar-refractivity contribution in [2.45, 2.75) is 31.8 Å². The molecule has 0 bridgehead atoms. The van der Waals surface area contributed by atoms with E-state index in [0.717, 1.165) is 25.0 Å². The van der Waals surface area contributed by atoms with Gasteiger partial charge in [0.2, 0.25) is 5.88 Å². The first-order valence-corrected chi connectivity index (χ1v) is 5.96. The highest BCUT2D eigenvalue weighted by molar-refractivity contribution is 5.15. The van der Waals surface area contributed by atoms with Crippen LogP contribution in [0.5, 0.6) is 5.88 Å². The molecule has 0 aromatic carbocycles. The van der Waals surface area contributed by atoms with Gasteiger partial charge < -0.3 is 10.1 Å². The van der Waals surface area contributed by atoms with Gasteiger partial charge in [-0.25, -0.2) is 4.98 Å². The number of hydrogen-bond acceptors (Lipinski definition) is 4. The van der Waals surface area contributed by atoms with Gasteiger partial charge in [-0.3, -0.25) is 0 Å². The third kappa shape index (κ3) is 2.95. The van der Waals surface area contributed by atoms with E-state index in [9.17, 15) is 0 Å². The number of ether oxygens (including phenoxy) is 1.